The zero-order valence-corrected chi connectivity index (χ0v) is 19.0. The third-order valence-electron chi connectivity index (χ3n) is 6.02. The second-order valence-electron chi connectivity index (χ2n) is 8.33. The number of pyridine rings is 1. The summed E-state index contributed by atoms with van der Waals surface area (Å²) >= 11 is 1.41. The molecule has 0 atom stereocenters. The lowest BCUT2D eigenvalue weighted by atomic mass is 9.96. The Morgan fingerprint density at radius 2 is 1.73 bits per heavy atom. The molecule has 0 bridgehead atoms. The molecule has 1 aliphatic carbocycles. The largest absolute Gasteiger partial charge is 0.354 e. The van der Waals surface area contributed by atoms with E-state index in [0.29, 0.717) is 18.8 Å². The molecule has 2 aromatic heterocycles. The maximum Gasteiger partial charge on any atom is 0.230 e. The van der Waals surface area contributed by atoms with Gasteiger partial charge in [0.25, 0.3) is 0 Å². The monoisotopic (exact) mass is 455 g/mol. The number of hydrogen-bond donors (Lipinski definition) is 1. The highest BCUT2D eigenvalue weighted by Gasteiger charge is 2.44. The maximum absolute atomic E-state index is 12.7. The lowest BCUT2D eigenvalue weighted by Crippen LogP contribution is -2.33. The van der Waals surface area contributed by atoms with Gasteiger partial charge >= 0.3 is 0 Å². The predicted molar refractivity (Wildman–Crippen MR) is 130 cm³/mol. The standard InChI is InChI=1S/C26H25N5OS/c32-23(28-19-26(13-14-26)22-11-5-2-6-12-22)18-33-25-30-29-24(21-10-7-15-27-16-21)31(25)17-20-8-3-1-4-9-20/h1-12,15-16H,13-14,17-19H2,(H,28,32). The molecule has 1 aliphatic rings. The predicted octanol–water partition coefficient (Wildman–Crippen LogP) is 4.33. The molecule has 2 heterocycles. The van der Waals surface area contributed by atoms with Gasteiger partial charge < -0.3 is 5.32 Å². The Morgan fingerprint density at radius 1 is 0.970 bits per heavy atom. The van der Waals surface area contributed by atoms with Crippen LogP contribution in [0.2, 0.25) is 0 Å². The Hall–Kier alpha value is -3.45. The van der Waals surface area contributed by atoms with Crippen molar-refractivity contribution in [2.24, 2.45) is 0 Å². The highest BCUT2D eigenvalue weighted by molar-refractivity contribution is 7.99. The minimum atomic E-state index is 0.0133. The van der Waals surface area contributed by atoms with Gasteiger partial charge in [-0.25, -0.2) is 0 Å². The van der Waals surface area contributed by atoms with Gasteiger partial charge in [-0.3, -0.25) is 14.3 Å². The number of carbonyl (C=O) groups excluding carboxylic acids is 1. The van der Waals surface area contributed by atoms with Crippen LogP contribution in [0.15, 0.2) is 90.3 Å². The van der Waals surface area contributed by atoms with Crippen molar-refractivity contribution in [3.63, 3.8) is 0 Å². The smallest absolute Gasteiger partial charge is 0.230 e. The molecule has 0 aliphatic heterocycles. The lowest BCUT2D eigenvalue weighted by Gasteiger charge is -2.16. The van der Waals surface area contributed by atoms with Gasteiger partial charge in [0.05, 0.1) is 12.3 Å². The number of amides is 1. The molecular weight excluding hydrogens is 430 g/mol. The van der Waals surface area contributed by atoms with Crippen LogP contribution in [0.25, 0.3) is 11.4 Å². The minimum Gasteiger partial charge on any atom is -0.354 e. The van der Waals surface area contributed by atoms with Crippen molar-refractivity contribution in [1.29, 1.82) is 0 Å². The van der Waals surface area contributed by atoms with Gasteiger partial charge in [0.2, 0.25) is 5.91 Å². The summed E-state index contributed by atoms with van der Waals surface area (Å²) < 4.78 is 2.05. The number of nitrogens with one attached hydrogen (secondary N) is 1. The van der Waals surface area contributed by atoms with Gasteiger partial charge in [0, 0.05) is 29.9 Å². The van der Waals surface area contributed by atoms with Crippen LogP contribution in [0.1, 0.15) is 24.0 Å². The van der Waals surface area contributed by atoms with Crippen molar-refractivity contribution in [3.8, 4) is 11.4 Å². The van der Waals surface area contributed by atoms with Gasteiger partial charge in [0.1, 0.15) is 0 Å². The number of rotatable bonds is 9. The van der Waals surface area contributed by atoms with Crippen LogP contribution in [-0.2, 0) is 16.8 Å². The first-order valence-electron chi connectivity index (χ1n) is 11.1. The third-order valence-corrected chi connectivity index (χ3v) is 6.98. The molecule has 0 spiro atoms. The summed E-state index contributed by atoms with van der Waals surface area (Å²) in [5.74, 6) is 1.06. The van der Waals surface area contributed by atoms with Gasteiger partial charge in [0.15, 0.2) is 11.0 Å². The summed E-state index contributed by atoms with van der Waals surface area (Å²) in [6, 6.07) is 24.5. The summed E-state index contributed by atoms with van der Waals surface area (Å²) in [6.45, 7) is 1.30. The molecule has 33 heavy (non-hydrogen) atoms. The second-order valence-corrected chi connectivity index (χ2v) is 9.27. The first-order chi connectivity index (χ1) is 16.2. The topological polar surface area (TPSA) is 72.7 Å². The van der Waals surface area contributed by atoms with Crippen LogP contribution in [0.3, 0.4) is 0 Å². The number of aromatic nitrogens is 4. The molecule has 1 fully saturated rings. The maximum atomic E-state index is 12.7. The minimum absolute atomic E-state index is 0.0133. The van der Waals surface area contributed by atoms with E-state index in [-0.39, 0.29) is 11.3 Å². The van der Waals surface area contributed by atoms with Crippen LogP contribution in [0.4, 0.5) is 0 Å². The van der Waals surface area contributed by atoms with Gasteiger partial charge in [-0.05, 0) is 36.1 Å². The number of hydrogen-bond acceptors (Lipinski definition) is 5. The van der Waals surface area contributed by atoms with Crippen LogP contribution < -0.4 is 5.32 Å². The molecule has 1 N–H and O–H groups in total. The highest BCUT2D eigenvalue weighted by atomic mass is 32.2. The molecule has 166 valence electrons. The first-order valence-corrected chi connectivity index (χ1v) is 12.0. The zero-order chi connectivity index (χ0) is 22.5. The van der Waals surface area contributed by atoms with E-state index in [4.69, 9.17) is 0 Å². The molecule has 6 nitrogen and oxygen atoms in total. The van der Waals surface area contributed by atoms with Crippen LogP contribution in [-0.4, -0.2) is 38.0 Å². The first kappa shape index (κ1) is 21.4. The molecule has 4 aromatic rings. The summed E-state index contributed by atoms with van der Waals surface area (Å²) in [5.41, 5.74) is 3.45. The summed E-state index contributed by atoms with van der Waals surface area (Å²) in [6.07, 6.45) is 5.75. The van der Waals surface area contributed by atoms with E-state index in [1.54, 1.807) is 12.4 Å². The summed E-state index contributed by atoms with van der Waals surface area (Å²) in [5, 5.41) is 12.7. The van der Waals surface area contributed by atoms with E-state index in [0.717, 1.165) is 34.9 Å². The van der Waals surface area contributed by atoms with E-state index in [1.807, 2.05) is 36.4 Å². The fourth-order valence-electron chi connectivity index (χ4n) is 3.97. The normalized spacial score (nSPS) is 14.1. The number of nitrogens with zero attached hydrogens (tertiary/aromatic N) is 4. The number of carbonyl (C=O) groups is 1. The Labute approximate surface area is 197 Å². The fourth-order valence-corrected chi connectivity index (χ4v) is 4.74. The molecule has 1 amide bonds. The number of benzene rings is 2. The molecule has 1 saturated carbocycles. The molecule has 5 rings (SSSR count). The van der Waals surface area contributed by atoms with Crippen molar-refractivity contribution < 1.29 is 4.79 Å². The number of thioether (sulfide) groups is 1. The van der Waals surface area contributed by atoms with E-state index >= 15 is 0 Å². The third kappa shape index (κ3) is 4.98. The average molecular weight is 456 g/mol. The second kappa shape index (κ2) is 9.58. The zero-order valence-electron chi connectivity index (χ0n) is 18.2. The van der Waals surface area contributed by atoms with Gasteiger partial charge in [-0.15, -0.1) is 10.2 Å². The van der Waals surface area contributed by atoms with Crippen molar-refractivity contribution in [3.05, 3.63) is 96.3 Å². The van der Waals surface area contributed by atoms with E-state index in [2.05, 4.69) is 61.5 Å². The molecule has 0 unspecified atom stereocenters. The van der Waals surface area contributed by atoms with Crippen LogP contribution in [0.5, 0.6) is 0 Å². The average Bonchev–Trinajstić information content (AvgIpc) is 3.57. The van der Waals surface area contributed by atoms with Gasteiger partial charge in [-0.1, -0.05) is 72.4 Å². The van der Waals surface area contributed by atoms with Crippen LogP contribution >= 0.6 is 11.8 Å². The van der Waals surface area contributed by atoms with Crippen molar-refractivity contribution >= 4 is 17.7 Å². The Balaban J connectivity index is 1.27. The van der Waals surface area contributed by atoms with E-state index in [1.165, 1.54) is 17.3 Å². The fraction of sp³-hybridized carbons (Fsp3) is 0.231. The lowest BCUT2D eigenvalue weighted by molar-refractivity contribution is -0.118. The molecule has 0 saturated heterocycles. The molecule has 0 radical (unpaired) electrons. The van der Waals surface area contributed by atoms with Crippen molar-refractivity contribution in [2.75, 3.05) is 12.3 Å². The van der Waals surface area contributed by atoms with Crippen LogP contribution in [0, 0.1) is 0 Å². The molecular formula is C26H25N5OS. The van der Waals surface area contributed by atoms with E-state index < -0.39 is 0 Å². The Morgan fingerprint density at radius 3 is 2.42 bits per heavy atom. The van der Waals surface area contributed by atoms with Crippen molar-refractivity contribution in [1.82, 2.24) is 25.1 Å². The Kier molecular flexibility index (Phi) is 6.21. The highest BCUT2D eigenvalue weighted by Crippen LogP contribution is 2.47. The molecule has 2 aromatic carbocycles. The van der Waals surface area contributed by atoms with Crippen molar-refractivity contribution in [2.45, 2.75) is 30.0 Å². The summed E-state index contributed by atoms with van der Waals surface area (Å²) in [4.78, 5) is 16.9. The molecule has 7 heteroatoms. The SMILES string of the molecule is O=C(CSc1nnc(-c2cccnc2)n1Cc1ccccc1)NCC1(c2ccccc2)CC1. The Bertz CT molecular complexity index is 1210. The quantitative estimate of drug-likeness (QED) is 0.380. The summed E-state index contributed by atoms with van der Waals surface area (Å²) in [7, 11) is 0. The van der Waals surface area contributed by atoms with E-state index in [9.17, 15) is 4.79 Å². The van der Waals surface area contributed by atoms with Gasteiger partial charge in [-0.2, -0.15) is 0 Å².